The molecule has 25 heavy (non-hydrogen) atoms. The first-order valence-corrected chi connectivity index (χ1v) is 10.3. The molecule has 0 aliphatic heterocycles. The number of anilines is 1. The third-order valence-electron chi connectivity index (χ3n) is 4.25. The van der Waals surface area contributed by atoms with E-state index in [9.17, 15) is 8.42 Å². The number of rotatable bonds is 5. The number of nitrogens with zero attached hydrogens (tertiary/aromatic N) is 2. The highest BCUT2D eigenvalue weighted by atomic mass is 32.2. The molecule has 1 aromatic carbocycles. The van der Waals surface area contributed by atoms with Crippen molar-refractivity contribution in [1.29, 1.82) is 0 Å². The van der Waals surface area contributed by atoms with E-state index in [0.717, 1.165) is 28.8 Å². The van der Waals surface area contributed by atoms with Crippen LogP contribution in [0.5, 0.6) is 0 Å². The van der Waals surface area contributed by atoms with Crippen LogP contribution in [0, 0.1) is 13.8 Å². The number of aryl methyl sites for hydroxylation is 3. The quantitative estimate of drug-likeness (QED) is 0.662. The second-order valence-electron chi connectivity index (χ2n) is 5.93. The molecule has 2 heterocycles. The minimum absolute atomic E-state index is 0.276. The van der Waals surface area contributed by atoms with Gasteiger partial charge in [-0.1, -0.05) is 18.1 Å². The highest BCUT2D eigenvalue weighted by Crippen LogP contribution is 2.32. The Morgan fingerprint density at radius 1 is 1.16 bits per heavy atom. The third-order valence-corrected chi connectivity index (χ3v) is 7.45. The summed E-state index contributed by atoms with van der Waals surface area (Å²) in [7, 11) is -2.05. The van der Waals surface area contributed by atoms with E-state index >= 15 is 0 Å². The van der Waals surface area contributed by atoms with Crippen LogP contribution in [0.15, 0.2) is 44.4 Å². The maximum Gasteiger partial charge on any atom is 0.273 e. The van der Waals surface area contributed by atoms with Crippen molar-refractivity contribution in [1.82, 2.24) is 5.16 Å². The van der Waals surface area contributed by atoms with Gasteiger partial charge in [0.05, 0.1) is 11.4 Å². The fraction of sp³-hybridized carbons (Fsp3) is 0.278. The molecule has 0 bridgehead atoms. The maximum absolute atomic E-state index is 12.9. The van der Waals surface area contributed by atoms with Crippen LogP contribution in [0.1, 0.15) is 23.7 Å². The molecule has 0 aliphatic carbocycles. The minimum Gasteiger partial charge on any atom is -0.356 e. The Bertz CT molecular complexity index is 1000. The normalized spacial score (nSPS) is 11.7. The second kappa shape index (κ2) is 6.65. The topological polar surface area (TPSA) is 63.4 Å². The van der Waals surface area contributed by atoms with Crippen LogP contribution in [-0.4, -0.2) is 20.6 Å². The van der Waals surface area contributed by atoms with E-state index < -0.39 is 10.0 Å². The number of benzene rings is 1. The van der Waals surface area contributed by atoms with Crippen LogP contribution in [0.3, 0.4) is 0 Å². The average Bonchev–Trinajstić information content (AvgIpc) is 3.25. The Balaban J connectivity index is 1.93. The van der Waals surface area contributed by atoms with Crippen molar-refractivity contribution in [2.45, 2.75) is 31.4 Å². The van der Waals surface area contributed by atoms with Crippen molar-refractivity contribution in [2.75, 3.05) is 11.4 Å². The van der Waals surface area contributed by atoms with Gasteiger partial charge in [-0.3, -0.25) is 4.31 Å². The summed E-state index contributed by atoms with van der Waals surface area (Å²) in [5, 5.41) is 5.73. The van der Waals surface area contributed by atoms with Gasteiger partial charge in [0.15, 0.2) is 5.76 Å². The van der Waals surface area contributed by atoms with Crippen molar-refractivity contribution in [3.05, 3.63) is 52.5 Å². The summed E-state index contributed by atoms with van der Waals surface area (Å²) < 4.78 is 32.7. The lowest BCUT2D eigenvalue weighted by Crippen LogP contribution is -2.25. The van der Waals surface area contributed by atoms with Crippen molar-refractivity contribution < 1.29 is 12.9 Å². The molecule has 0 unspecified atom stereocenters. The average molecular weight is 377 g/mol. The van der Waals surface area contributed by atoms with Crippen LogP contribution in [-0.2, 0) is 16.4 Å². The molecule has 2 aromatic heterocycles. The molecule has 3 aromatic rings. The van der Waals surface area contributed by atoms with Gasteiger partial charge in [0.1, 0.15) is 4.21 Å². The number of hydrogen-bond donors (Lipinski definition) is 0. The molecule has 5 nitrogen and oxygen atoms in total. The number of sulfonamides is 1. The van der Waals surface area contributed by atoms with E-state index in [1.54, 1.807) is 18.5 Å². The summed E-state index contributed by atoms with van der Waals surface area (Å²) in [5.74, 6) is 0.586. The predicted octanol–water partition coefficient (Wildman–Crippen LogP) is 4.41. The monoisotopic (exact) mass is 376 g/mol. The van der Waals surface area contributed by atoms with Crippen molar-refractivity contribution >= 4 is 27.0 Å². The molecule has 0 saturated heterocycles. The summed E-state index contributed by atoms with van der Waals surface area (Å²) in [4.78, 5) is 0. The smallest absolute Gasteiger partial charge is 0.273 e. The summed E-state index contributed by atoms with van der Waals surface area (Å²) in [6, 6.07) is 9.10. The fourth-order valence-corrected chi connectivity index (χ4v) is 4.92. The molecule has 0 radical (unpaired) electrons. The lowest BCUT2D eigenvalue weighted by Gasteiger charge is -2.19. The Hall–Kier alpha value is -2.12. The molecule has 132 valence electrons. The molecular weight excluding hydrogens is 356 g/mol. The molecule has 0 saturated carbocycles. The van der Waals surface area contributed by atoms with E-state index in [1.807, 2.05) is 45.0 Å². The lowest BCUT2D eigenvalue weighted by molar-refractivity contribution is 0.424. The summed E-state index contributed by atoms with van der Waals surface area (Å²) in [6.45, 7) is 5.96. The fourth-order valence-electron chi connectivity index (χ4n) is 2.39. The molecule has 0 fully saturated rings. The van der Waals surface area contributed by atoms with E-state index in [2.05, 4.69) is 5.16 Å². The number of aromatic nitrogens is 1. The van der Waals surface area contributed by atoms with Gasteiger partial charge < -0.3 is 4.52 Å². The third kappa shape index (κ3) is 3.34. The molecule has 3 rings (SSSR count). The zero-order valence-electron chi connectivity index (χ0n) is 14.6. The number of hydrogen-bond acceptors (Lipinski definition) is 5. The van der Waals surface area contributed by atoms with Gasteiger partial charge in [-0.05, 0) is 49.6 Å². The van der Waals surface area contributed by atoms with E-state index in [4.69, 9.17) is 4.52 Å². The van der Waals surface area contributed by atoms with Gasteiger partial charge in [-0.25, -0.2) is 8.42 Å². The summed E-state index contributed by atoms with van der Waals surface area (Å²) in [5.41, 5.74) is 4.40. The first kappa shape index (κ1) is 17.7. The molecule has 0 aliphatic rings. The Labute approximate surface area is 151 Å². The lowest BCUT2D eigenvalue weighted by atomic mass is 10.1. The molecular formula is C18H20N2O3S2. The van der Waals surface area contributed by atoms with Crippen LogP contribution in [0.25, 0.3) is 11.3 Å². The molecule has 0 atom stereocenters. The van der Waals surface area contributed by atoms with Crippen LogP contribution in [0.4, 0.5) is 5.69 Å². The van der Waals surface area contributed by atoms with Crippen molar-refractivity contribution in [2.24, 2.45) is 0 Å². The Morgan fingerprint density at radius 2 is 1.92 bits per heavy atom. The Kier molecular flexibility index (Phi) is 4.71. The zero-order chi connectivity index (χ0) is 18.2. The van der Waals surface area contributed by atoms with Crippen LogP contribution >= 0.6 is 11.3 Å². The van der Waals surface area contributed by atoms with Crippen molar-refractivity contribution in [3.63, 3.8) is 0 Å². The molecule has 7 heteroatoms. The van der Waals surface area contributed by atoms with Gasteiger partial charge in [0.2, 0.25) is 0 Å². The van der Waals surface area contributed by atoms with E-state index in [1.165, 1.54) is 15.6 Å². The van der Waals surface area contributed by atoms with Gasteiger partial charge >= 0.3 is 0 Å². The summed E-state index contributed by atoms with van der Waals surface area (Å²) >= 11 is 1.18. The predicted molar refractivity (Wildman–Crippen MR) is 101 cm³/mol. The van der Waals surface area contributed by atoms with Gasteiger partial charge in [0, 0.05) is 24.1 Å². The number of thiophene rings is 1. The second-order valence-corrected chi connectivity index (χ2v) is 9.04. The van der Waals surface area contributed by atoms with Gasteiger partial charge in [0.25, 0.3) is 10.0 Å². The van der Waals surface area contributed by atoms with E-state index in [-0.39, 0.29) is 4.21 Å². The zero-order valence-corrected chi connectivity index (χ0v) is 16.2. The van der Waals surface area contributed by atoms with Crippen LogP contribution in [0.2, 0.25) is 0 Å². The highest BCUT2D eigenvalue weighted by Gasteiger charge is 2.24. The highest BCUT2D eigenvalue weighted by molar-refractivity contribution is 7.94. The van der Waals surface area contributed by atoms with Gasteiger partial charge in [-0.15, -0.1) is 11.3 Å². The van der Waals surface area contributed by atoms with E-state index in [0.29, 0.717) is 11.4 Å². The minimum atomic E-state index is -3.62. The first-order chi connectivity index (χ1) is 11.8. The SMILES string of the molecule is CCc1cc(-c2csc(S(=O)(=O)N(C)c3ccc(C)c(C)c3)c2)on1. The molecule has 0 N–H and O–H groups in total. The van der Waals surface area contributed by atoms with Gasteiger partial charge in [-0.2, -0.15) is 0 Å². The molecule has 0 spiro atoms. The molecule has 0 amide bonds. The standard InChI is InChI=1S/C18H20N2O3S2/c1-5-15-10-17(23-19-15)14-9-18(24-11-14)25(21,22)20(4)16-7-6-12(2)13(3)8-16/h6-11H,5H2,1-4H3. The maximum atomic E-state index is 12.9. The van der Waals surface area contributed by atoms with Crippen molar-refractivity contribution in [3.8, 4) is 11.3 Å². The van der Waals surface area contributed by atoms with Crippen LogP contribution < -0.4 is 4.31 Å². The Morgan fingerprint density at radius 3 is 2.56 bits per heavy atom. The largest absolute Gasteiger partial charge is 0.356 e. The summed E-state index contributed by atoms with van der Waals surface area (Å²) in [6.07, 6.45) is 0.772. The first-order valence-electron chi connectivity index (χ1n) is 7.93.